The van der Waals surface area contributed by atoms with E-state index in [1.165, 1.54) is 29.7 Å². The van der Waals surface area contributed by atoms with Crippen molar-refractivity contribution in [2.45, 2.75) is 44.9 Å². The molecule has 1 aromatic heterocycles. The molecule has 2 aliphatic carbocycles. The van der Waals surface area contributed by atoms with Gasteiger partial charge in [0, 0.05) is 23.4 Å². The monoisotopic (exact) mass is 293 g/mol. The summed E-state index contributed by atoms with van der Waals surface area (Å²) >= 11 is 1.74. The van der Waals surface area contributed by atoms with Crippen molar-refractivity contribution in [1.82, 2.24) is 5.32 Å². The van der Waals surface area contributed by atoms with Crippen LogP contribution in [-0.2, 0) is 12.8 Å². The molecule has 3 rings (SSSR count). The number of nitrogens with one attached hydrogen (secondary N) is 1. The largest absolute Gasteiger partial charge is 0.396 e. The van der Waals surface area contributed by atoms with Crippen LogP contribution in [0.1, 0.15) is 52.9 Å². The third kappa shape index (κ3) is 2.77. The SMILES string of the molecule is O=C(NCC1CCCC1CO)c1csc2c1CCCC2. The first-order valence-electron chi connectivity index (χ1n) is 7.78. The summed E-state index contributed by atoms with van der Waals surface area (Å²) in [6, 6.07) is 0. The number of aliphatic hydroxyl groups is 1. The normalized spacial score (nSPS) is 25.4. The Hall–Kier alpha value is -0.870. The number of carbonyl (C=O) groups is 1. The Morgan fingerprint density at radius 2 is 2.05 bits per heavy atom. The molecule has 3 nitrogen and oxygen atoms in total. The molecular formula is C16H23NO2S. The molecule has 0 aliphatic heterocycles. The zero-order chi connectivity index (χ0) is 13.9. The first kappa shape index (κ1) is 14.1. The fourth-order valence-electron chi connectivity index (χ4n) is 3.63. The molecule has 1 aromatic rings. The van der Waals surface area contributed by atoms with Crippen LogP contribution in [0.25, 0.3) is 0 Å². The average molecular weight is 293 g/mol. The maximum absolute atomic E-state index is 12.4. The molecule has 0 aromatic carbocycles. The van der Waals surface area contributed by atoms with Crippen LogP contribution in [0.5, 0.6) is 0 Å². The molecule has 1 fully saturated rings. The summed E-state index contributed by atoms with van der Waals surface area (Å²) in [5.41, 5.74) is 2.20. The zero-order valence-electron chi connectivity index (χ0n) is 11.9. The van der Waals surface area contributed by atoms with Crippen molar-refractivity contribution in [1.29, 1.82) is 0 Å². The summed E-state index contributed by atoms with van der Waals surface area (Å²) < 4.78 is 0. The van der Waals surface area contributed by atoms with E-state index in [1.54, 1.807) is 11.3 Å². The van der Waals surface area contributed by atoms with E-state index >= 15 is 0 Å². The predicted molar refractivity (Wildman–Crippen MR) is 81.2 cm³/mol. The smallest absolute Gasteiger partial charge is 0.252 e. The van der Waals surface area contributed by atoms with Crippen LogP contribution < -0.4 is 5.32 Å². The number of hydrogen-bond acceptors (Lipinski definition) is 3. The number of rotatable bonds is 4. The van der Waals surface area contributed by atoms with Crippen molar-refractivity contribution in [3.05, 3.63) is 21.4 Å². The summed E-state index contributed by atoms with van der Waals surface area (Å²) in [6.45, 7) is 0.975. The van der Waals surface area contributed by atoms with Crippen LogP contribution >= 0.6 is 11.3 Å². The number of amides is 1. The van der Waals surface area contributed by atoms with Crippen molar-refractivity contribution in [3.8, 4) is 0 Å². The lowest BCUT2D eigenvalue weighted by Gasteiger charge is -2.18. The molecule has 0 saturated heterocycles. The molecular weight excluding hydrogens is 270 g/mol. The van der Waals surface area contributed by atoms with E-state index in [0.717, 1.165) is 31.2 Å². The topological polar surface area (TPSA) is 49.3 Å². The van der Waals surface area contributed by atoms with Crippen molar-refractivity contribution >= 4 is 17.2 Å². The Kier molecular flexibility index (Phi) is 4.41. The highest BCUT2D eigenvalue weighted by Crippen LogP contribution is 2.32. The van der Waals surface area contributed by atoms with E-state index in [9.17, 15) is 9.90 Å². The molecule has 0 spiro atoms. The van der Waals surface area contributed by atoms with Gasteiger partial charge in [0.15, 0.2) is 0 Å². The van der Waals surface area contributed by atoms with Crippen LogP contribution in [0.4, 0.5) is 0 Å². The van der Waals surface area contributed by atoms with Crippen LogP contribution in [0, 0.1) is 11.8 Å². The van der Waals surface area contributed by atoms with Crippen LogP contribution in [0.15, 0.2) is 5.38 Å². The van der Waals surface area contributed by atoms with Gasteiger partial charge >= 0.3 is 0 Å². The summed E-state index contributed by atoms with van der Waals surface area (Å²) in [5, 5.41) is 14.5. The van der Waals surface area contributed by atoms with Crippen molar-refractivity contribution < 1.29 is 9.90 Å². The molecule has 1 amide bonds. The second-order valence-corrected chi connectivity index (χ2v) is 7.07. The standard InChI is InChI=1S/C16H23NO2S/c18-9-12-5-3-4-11(12)8-17-16(19)14-10-20-15-7-2-1-6-13(14)15/h10-12,18H,1-9H2,(H,17,19). The molecule has 2 atom stereocenters. The molecule has 2 aliphatic rings. The van der Waals surface area contributed by atoms with E-state index in [4.69, 9.17) is 0 Å². The number of aliphatic hydroxyl groups excluding tert-OH is 1. The Morgan fingerprint density at radius 1 is 1.25 bits per heavy atom. The van der Waals surface area contributed by atoms with Gasteiger partial charge in [0.2, 0.25) is 0 Å². The third-order valence-electron chi connectivity index (χ3n) is 4.88. The van der Waals surface area contributed by atoms with Crippen LogP contribution in [-0.4, -0.2) is 24.2 Å². The van der Waals surface area contributed by atoms with Gasteiger partial charge < -0.3 is 10.4 Å². The number of carbonyl (C=O) groups excluding carboxylic acids is 1. The van der Waals surface area contributed by atoms with E-state index in [1.807, 2.05) is 5.38 Å². The van der Waals surface area contributed by atoms with E-state index in [-0.39, 0.29) is 12.5 Å². The summed E-state index contributed by atoms with van der Waals surface area (Å²) in [5.74, 6) is 0.929. The van der Waals surface area contributed by atoms with Crippen molar-refractivity contribution in [3.63, 3.8) is 0 Å². The van der Waals surface area contributed by atoms with Gasteiger partial charge in [-0.3, -0.25) is 4.79 Å². The maximum atomic E-state index is 12.4. The molecule has 2 unspecified atom stereocenters. The molecule has 1 heterocycles. The minimum Gasteiger partial charge on any atom is -0.396 e. The second-order valence-electron chi connectivity index (χ2n) is 6.10. The van der Waals surface area contributed by atoms with E-state index in [2.05, 4.69) is 5.32 Å². The Bertz CT molecular complexity index is 483. The molecule has 110 valence electrons. The zero-order valence-corrected chi connectivity index (χ0v) is 12.7. The van der Waals surface area contributed by atoms with E-state index in [0.29, 0.717) is 18.4 Å². The third-order valence-corrected chi connectivity index (χ3v) is 5.97. The lowest BCUT2D eigenvalue weighted by molar-refractivity contribution is 0.0937. The van der Waals surface area contributed by atoms with Gasteiger partial charge in [0.1, 0.15) is 0 Å². The van der Waals surface area contributed by atoms with Crippen LogP contribution in [0.2, 0.25) is 0 Å². The Labute approximate surface area is 124 Å². The Morgan fingerprint density at radius 3 is 2.90 bits per heavy atom. The number of thiophene rings is 1. The maximum Gasteiger partial charge on any atom is 0.252 e. The molecule has 1 saturated carbocycles. The number of hydrogen-bond donors (Lipinski definition) is 2. The molecule has 0 bridgehead atoms. The van der Waals surface area contributed by atoms with Gasteiger partial charge in [-0.2, -0.15) is 0 Å². The van der Waals surface area contributed by atoms with Crippen molar-refractivity contribution in [2.75, 3.05) is 13.2 Å². The molecule has 4 heteroatoms. The van der Waals surface area contributed by atoms with Gasteiger partial charge in [-0.05, 0) is 55.9 Å². The number of aryl methyl sites for hydroxylation is 1. The summed E-state index contributed by atoms with van der Waals surface area (Å²) in [7, 11) is 0. The quantitative estimate of drug-likeness (QED) is 0.897. The van der Waals surface area contributed by atoms with Crippen LogP contribution in [0.3, 0.4) is 0 Å². The molecule has 2 N–H and O–H groups in total. The fourth-order valence-corrected chi connectivity index (χ4v) is 4.75. The fraction of sp³-hybridized carbons (Fsp3) is 0.688. The van der Waals surface area contributed by atoms with Gasteiger partial charge in [-0.1, -0.05) is 6.42 Å². The molecule has 20 heavy (non-hydrogen) atoms. The van der Waals surface area contributed by atoms with Gasteiger partial charge in [-0.25, -0.2) is 0 Å². The lowest BCUT2D eigenvalue weighted by atomic mass is 9.95. The van der Waals surface area contributed by atoms with Gasteiger partial charge in [0.25, 0.3) is 5.91 Å². The first-order chi connectivity index (χ1) is 9.79. The minimum absolute atomic E-state index is 0.0907. The second kappa shape index (κ2) is 6.27. The highest BCUT2D eigenvalue weighted by atomic mass is 32.1. The average Bonchev–Trinajstić information content (AvgIpc) is 3.11. The summed E-state index contributed by atoms with van der Waals surface area (Å²) in [4.78, 5) is 13.8. The minimum atomic E-state index is 0.0907. The van der Waals surface area contributed by atoms with Gasteiger partial charge in [-0.15, -0.1) is 11.3 Å². The van der Waals surface area contributed by atoms with E-state index < -0.39 is 0 Å². The van der Waals surface area contributed by atoms with Gasteiger partial charge in [0.05, 0.1) is 5.56 Å². The predicted octanol–water partition coefficient (Wildman–Crippen LogP) is 2.77. The highest BCUT2D eigenvalue weighted by Gasteiger charge is 2.27. The number of fused-ring (bicyclic) bond motifs is 1. The highest BCUT2D eigenvalue weighted by molar-refractivity contribution is 7.10. The lowest BCUT2D eigenvalue weighted by Crippen LogP contribution is -2.32. The van der Waals surface area contributed by atoms with Crippen molar-refractivity contribution in [2.24, 2.45) is 11.8 Å². The Balaban J connectivity index is 1.61. The first-order valence-corrected chi connectivity index (χ1v) is 8.66. The molecule has 0 radical (unpaired) electrons. The summed E-state index contributed by atoms with van der Waals surface area (Å²) in [6.07, 6.45) is 8.08.